The van der Waals surface area contributed by atoms with Crippen LogP contribution in [-0.4, -0.2) is 33.9 Å². The normalized spacial score (nSPS) is 12.4. The average molecular weight is 400 g/mol. The number of nitrogens with zero attached hydrogens (tertiary/aromatic N) is 4. The van der Waals surface area contributed by atoms with E-state index in [4.69, 9.17) is 4.42 Å². The Balaban J connectivity index is 1.71. The number of aromatic nitrogens is 3. The van der Waals surface area contributed by atoms with Crippen molar-refractivity contribution in [2.75, 3.05) is 7.05 Å². The fourth-order valence-electron chi connectivity index (χ4n) is 3.34. The third-order valence-electron chi connectivity index (χ3n) is 4.89. The second kappa shape index (κ2) is 6.61. The summed E-state index contributed by atoms with van der Waals surface area (Å²) in [6.07, 6.45) is 0. The highest BCUT2D eigenvalue weighted by Crippen LogP contribution is 2.23. The Hall–Kier alpha value is -2.91. The van der Waals surface area contributed by atoms with Crippen molar-refractivity contribution in [3.8, 4) is 0 Å². The highest BCUT2D eigenvalue weighted by atomic mass is 32.2. The highest BCUT2D eigenvalue weighted by molar-refractivity contribution is 7.89. The van der Waals surface area contributed by atoms with Crippen molar-refractivity contribution in [3.05, 3.63) is 58.8 Å². The number of oxazole rings is 1. The van der Waals surface area contributed by atoms with Gasteiger partial charge in [-0.05, 0) is 31.2 Å². The smallest absolute Gasteiger partial charge is 0.408 e. The van der Waals surface area contributed by atoms with Crippen molar-refractivity contribution < 1.29 is 12.8 Å². The maximum atomic E-state index is 13.0. The van der Waals surface area contributed by atoms with Crippen LogP contribution in [0.25, 0.3) is 22.1 Å². The topological polar surface area (TPSA) is 90.3 Å². The molecule has 2 heterocycles. The first kappa shape index (κ1) is 18.5. The summed E-state index contributed by atoms with van der Waals surface area (Å²) in [5, 5.41) is 0. The van der Waals surface area contributed by atoms with E-state index in [1.54, 1.807) is 13.1 Å². The Morgan fingerprint density at radius 2 is 1.89 bits per heavy atom. The minimum Gasteiger partial charge on any atom is -0.408 e. The lowest BCUT2D eigenvalue weighted by molar-refractivity contribution is 0.448. The van der Waals surface area contributed by atoms with Crippen LogP contribution in [0.3, 0.4) is 0 Å². The van der Waals surface area contributed by atoms with Gasteiger partial charge in [-0.25, -0.2) is 18.2 Å². The van der Waals surface area contributed by atoms with Crippen molar-refractivity contribution in [1.29, 1.82) is 0 Å². The van der Waals surface area contributed by atoms with E-state index in [9.17, 15) is 13.2 Å². The quantitative estimate of drug-likeness (QED) is 0.513. The second-order valence-corrected chi connectivity index (χ2v) is 8.62. The first-order chi connectivity index (χ1) is 13.3. The third-order valence-corrected chi connectivity index (χ3v) is 6.69. The second-order valence-electron chi connectivity index (χ2n) is 6.58. The summed E-state index contributed by atoms with van der Waals surface area (Å²) < 4.78 is 35.8. The lowest BCUT2D eigenvalue weighted by Crippen LogP contribution is -2.28. The Morgan fingerprint density at radius 1 is 1.14 bits per heavy atom. The van der Waals surface area contributed by atoms with Crippen molar-refractivity contribution in [2.45, 2.75) is 24.9 Å². The van der Waals surface area contributed by atoms with Crippen molar-refractivity contribution in [1.82, 2.24) is 18.4 Å². The predicted octanol–water partition coefficient (Wildman–Crippen LogP) is 2.32. The van der Waals surface area contributed by atoms with Gasteiger partial charge in [-0.1, -0.05) is 12.1 Å². The van der Waals surface area contributed by atoms with Gasteiger partial charge in [0.05, 0.1) is 28.0 Å². The number of imidazole rings is 1. The number of hydrogen-bond donors (Lipinski definition) is 0. The fourth-order valence-corrected chi connectivity index (χ4v) is 4.48. The van der Waals surface area contributed by atoms with Crippen molar-refractivity contribution in [2.24, 2.45) is 7.05 Å². The summed E-state index contributed by atoms with van der Waals surface area (Å²) >= 11 is 0. The van der Waals surface area contributed by atoms with Gasteiger partial charge in [0.25, 0.3) is 0 Å². The van der Waals surface area contributed by atoms with Crippen LogP contribution in [0, 0.1) is 0 Å². The summed E-state index contributed by atoms with van der Waals surface area (Å²) in [6, 6.07) is 12.1. The molecule has 0 amide bonds. The van der Waals surface area contributed by atoms with Crippen LogP contribution in [-0.2, 0) is 30.2 Å². The molecule has 0 fully saturated rings. The predicted molar refractivity (Wildman–Crippen MR) is 106 cm³/mol. The van der Waals surface area contributed by atoms with Gasteiger partial charge in [-0.2, -0.15) is 4.31 Å². The molecule has 28 heavy (non-hydrogen) atoms. The van der Waals surface area contributed by atoms with Crippen LogP contribution in [0.5, 0.6) is 0 Å². The molecule has 0 atom stereocenters. The zero-order valence-electron chi connectivity index (χ0n) is 15.8. The number of para-hydroxylation sites is 2. The van der Waals surface area contributed by atoms with Crippen LogP contribution >= 0.6 is 0 Å². The van der Waals surface area contributed by atoms with E-state index in [2.05, 4.69) is 4.98 Å². The fraction of sp³-hybridized carbons (Fsp3) is 0.263. The van der Waals surface area contributed by atoms with Crippen LogP contribution in [0.4, 0.5) is 0 Å². The zero-order chi connectivity index (χ0) is 20.1. The van der Waals surface area contributed by atoms with Gasteiger partial charge >= 0.3 is 5.76 Å². The Bertz CT molecular complexity index is 1350. The molecule has 0 radical (unpaired) electrons. The molecule has 0 aliphatic rings. The van der Waals surface area contributed by atoms with Gasteiger partial charge in [-0.15, -0.1) is 0 Å². The van der Waals surface area contributed by atoms with E-state index in [-0.39, 0.29) is 17.0 Å². The van der Waals surface area contributed by atoms with E-state index in [0.717, 1.165) is 11.0 Å². The van der Waals surface area contributed by atoms with Crippen molar-refractivity contribution >= 4 is 32.2 Å². The largest absolute Gasteiger partial charge is 0.419 e. The van der Waals surface area contributed by atoms with Crippen LogP contribution in [0.1, 0.15) is 12.7 Å². The Labute approximate surface area is 161 Å². The van der Waals surface area contributed by atoms with E-state index in [0.29, 0.717) is 17.9 Å². The monoisotopic (exact) mass is 400 g/mol. The SMILES string of the molecule is CCn1c(CN(C)S(=O)(=O)c2ccc3c(c2)oc(=O)n3C)nc2ccccc21. The lowest BCUT2D eigenvalue weighted by atomic mass is 10.3. The number of fused-ring (bicyclic) bond motifs is 2. The molecule has 0 saturated carbocycles. The molecule has 4 rings (SSSR count). The van der Waals surface area contributed by atoms with E-state index >= 15 is 0 Å². The number of rotatable bonds is 5. The minimum atomic E-state index is -3.79. The molecular weight excluding hydrogens is 380 g/mol. The van der Waals surface area contributed by atoms with Gasteiger partial charge in [0.1, 0.15) is 5.82 Å². The minimum absolute atomic E-state index is 0.0657. The molecule has 0 bridgehead atoms. The van der Waals surface area contributed by atoms with Gasteiger partial charge in [0.2, 0.25) is 10.0 Å². The first-order valence-corrected chi connectivity index (χ1v) is 10.3. The van der Waals surface area contributed by atoms with E-state index in [1.807, 2.05) is 35.8 Å². The van der Waals surface area contributed by atoms with Crippen LogP contribution < -0.4 is 5.76 Å². The van der Waals surface area contributed by atoms with Crippen molar-refractivity contribution in [3.63, 3.8) is 0 Å². The number of benzene rings is 2. The van der Waals surface area contributed by atoms with Gasteiger partial charge in [0.15, 0.2) is 5.58 Å². The Kier molecular flexibility index (Phi) is 4.35. The highest BCUT2D eigenvalue weighted by Gasteiger charge is 2.24. The molecule has 2 aromatic carbocycles. The van der Waals surface area contributed by atoms with E-state index in [1.165, 1.54) is 28.1 Å². The van der Waals surface area contributed by atoms with Crippen LogP contribution in [0.15, 0.2) is 56.6 Å². The maximum Gasteiger partial charge on any atom is 0.419 e. The molecule has 0 N–H and O–H groups in total. The average Bonchev–Trinajstić information content (AvgIpc) is 3.17. The molecular formula is C19H20N4O4S. The van der Waals surface area contributed by atoms with Gasteiger partial charge in [-0.3, -0.25) is 4.57 Å². The van der Waals surface area contributed by atoms with Crippen LogP contribution in [0.2, 0.25) is 0 Å². The van der Waals surface area contributed by atoms with E-state index < -0.39 is 15.8 Å². The number of sulfonamides is 1. The maximum absolute atomic E-state index is 13.0. The molecule has 9 heteroatoms. The van der Waals surface area contributed by atoms with Gasteiger partial charge in [0, 0.05) is 26.7 Å². The number of aryl methyl sites for hydroxylation is 2. The Morgan fingerprint density at radius 3 is 2.64 bits per heavy atom. The molecule has 0 saturated heterocycles. The summed E-state index contributed by atoms with van der Waals surface area (Å²) in [5.74, 6) is 0.136. The molecule has 146 valence electrons. The molecule has 0 aliphatic carbocycles. The lowest BCUT2D eigenvalue weighted by Gasteiger charge is -2.17. The summed E-state index contributed by atoms with van der Waals surface area (Å²) in [7, 11) is -0.699. The summed E-state index contributed by atoms with van der Waals surface area (Å²) in [6.45, 7) is 2.81. The standard InChI is InChI=1S/C19H20N4O4S/c1-4-23-15-8-6-5-7-14(15)20-18(23)12-21(2)28(25,26)13-9-10-16-17(11-13)27-19(24)22(16)3/h5-11H,4,12H2,1-3H3. The molecule has 8 nitrogen and oxygen atoms in total. The summed E-state index contributed by atoms with van der Waals surface area (Å²) in [4.78, 5) is 16.3. The first-order valence-electron chi connectivity index (χ1n) is 8.83. The molecule has 2 aromatic heterocycles. The van der Waals surface area contributed by atoms with Gasteiger partial charge < -0.3 is 8.98 Å². The molecule has 4 aromatic rings. The summed E-state index contributed by atoms with van der Waals surface area (Å²) in [5.41, 5.74) is 2.58. The number of hydrogen-bond acceptors (Lipinski definition) is 5. The molecule has 0 spiro atoms. The zero-order valence-corrected chi connectivity index (χ0v) is 16.6. The molecule has 0 aliphatic heterocycles. The molecule has 0 unspecified atom stereocenters. The third kappa shape index (κ3) is 2.83.